The van der Waals surface area contributed by atoms with Crippen LogP contribution in [0.25, 0.3) is 0 Å². The van der Waals surface area contributed by atoms with Gasteiger partial charge in [-0.25, -0.2) is 0 Å². The number of likely N-dealkylation sites (N-methyl/N-ethyl adjacent to an activating group) is 2. The van der Waals surface area contributed by atoms with E-state index in [1.807, 2.05) is 51.7 Å². The Balaban J connectivity index is 2.17. The Bertz CT molecular complexity index is 1140. The molecule has 3 saturated heterocycles. The molecule has 3 rings (SSSR count). The minimum absolute atomic E-state index is 0.133. The second kappa shape index (κ2) is 17.8. The highest BCUT2D eigenvalue weighted by Gasteiger charge is 2.52. The quantitative estimate of drug-likeness (QED) is 0.238. The summed E-state index contributed by atoms with van der Waals surface area (Å²) in [6, 6.07) is -0.808. The molecule has 0 amide bonds. The van der Waals surface area contributed by atoms with Gasteiger partial charge >= 0.3 is 5.97 Å². The first-order valence-electron chi connectivity index (χ1n) is 19.1. The molecule has 0 saturated carbocycles. The van der Waals surface area contributed by atoms with Crippen molar-refractivity contribution in [3.63, 3.8) is 0 Å². The highest BCUT2D eigenvalue weighted by atomic mass is 16.7. The SMILES string of the molecule is CC[C@@H]1OC(=O)[C@H](C)[C@H](O[C@@H]2C[C@@](C)(OC)[C@@H](O)[C@H](C)O2)[C@H](C)[C@@H](O[C@@H]2O[C@H](C)C[C@@H](N(C)C)[C@H]2O)[C@@](C)(O)C[C@@H](C)CN(C)[C@H](C)[C@@H](O)[C@]1(C)O. The Morgan fingerprint density at radius 3 is 2.12 bits per heavy atom. The zero-order chi connectivity index (χ0) is 39.7. The van der Waals surface area contributed by atoms with E-state index in [0.717, 1.165) is 0 Å². The smallest absolute Gasteiger partial charge is 0.311 e. The first kappa shape index (κ1) is 45.4. The Morgan fingerprint density at radius 1 is 0.942 bits per heavy atom. The van der Waals surface area contributed by atoms with Crippen LogP contribution in [-0.2, 0) is 33.2 Å². The molecule has 3 aliphatic heterocycles. The number of esters is 1. The molecule has 0 aromatic heterocycles. The van der Waals surface area contributed by atoms with E-state index in [2.05, 4.69) is 0 Å². The number of methoxy groups -OCH3 is 1. The average Bonchev–Trinajstić information content (AvgIpc) is 3.05. The molecular formula is C38H72N2O12. The Kier molecular flexibility index (Phi) is 15.6. The fourth-order valence-corrected chi connectivity index (χ4v) is 8.74. The monoisotopic (exact) mass is 749 g/mol. The highest BCUT2D eigenvalue weighted by molar-refractivity contribution is 5.73. The summed E-state index contributed by atoms with van der Waals surface area (Å²) in [4.78, 5) is 18.0. The molecule has 306 valence electrons. The van der Waals surface area contributed by atoms with E-state index in [-0.39, 0.29) is 37.3 Å². The van der Waals surface area contributed by atoms with Crippen molar-refractivity contribution in [3.05, 3.63) is 0 Å². The fourth-order valence-electron chi connectivity index (χ4n) is 8.74. The van der Waals surface area contributed by atoms with Gasteiger partial charge in [0.2, 0.25) is 0 Å². The summed E-state index contributed by atoms with van der Waals surface area (Å²) in [6.07, 6.45) is -8.19. The summed E-state index contributed by atoms with van der Waals surface area (Å²) in [7, 11) is 7.12. The summed E-state index contributed by atoms with van der Waals surface area (Å²) < 4.78 is 37.5. The van der Waals surface area contributed by atoms with Gasteiger partial charge in [-0.3, -0.25) is 4.79 Å². The van der Waals surface area contributed by atoms with Gasteiger partial charge in [-0.2, -0.15) is 0 Å². The van der Waals surface area contributed by atoms with Gasteiger partial charge in [0.25, 0.3) is 0 Å². The van der Waals surface area contributed by atoms with Crippen molar-refractivity contribution in [1.29, 1.82) is 0 Å². The molecule has 3 heterocycles. The molecule has 14 heteroatoms. The van der Waals surface area contributed by atoms with Gasteiger partial charge in [-0.1, -0.05) is 20.8 Å². The molecule has 0 bridgehead atoms. The van der Waals surface area contributed by atoms with Gasteiger partial charge in [0, 0.05) is 38.1 Å². The molecule has 14 nitrogen and oxygen atoms in total. The fraction of sp³-hybridized carbons (Fsp3) is 0.974. The third-order valence-electron chi connectivity index (χ3n) is 12.2. The summed E-state index contributed by atoms with van der Waals surface area (Å²) in [5.74, 6) is -2.58. The Morgan fingerprint density at radius 2 is 1.56 bits per heavy atom. The summed E-state index contributed by atoms with van der Waals surface area (Å²) in [5, 5.41) is 58.1. The lowest BCUT2D eigenvalue weighted by molar-refractivity contribution is -0.318. The molecule has 3 aliphatic rings. The van der Waals surface area contributed by atoms with Crippen LogP contribution in [0.4, 0.5) is 0 Å². The van der Waals surface area contributed by atoms with E-state index in [4.69, 9.17) is 28.4 Å². The van der Waals surface area contributed by atoms with E-state index in [0.29, 0.717) is 13.0 Å². The minimum atomic E-state index is -1.80. The molecular weight excluding hydrogens is 676 g/mol. The molecule has 0 aromatic rings. The largest absolute Gasteiger partial charge is 0.459 e. The van der Waals surface area contributed by atoms with Crippen molar-refractivity contribution >= 4 is 5.97 Å². The van der Waals surface area contributed by atoms with E-state index < -0.39 is 96.0 Å². The van der Waals surface area contributed by atoms with Crippen LogP contribution < -0.4 is 0 Å². The lowest BCUT2D eigenvalue weighted by Gasteiger charge is -2.48. The van der Waals surface area contributed by atoms with E-state index in [1.54, 1.807) is 41.5 Å². The Labute approximate surface area is 312 Å². The molecule has 52 heavy (non-hydrogen) atoms. The number of carbonyl (C=O) groups is 1. The first-order valence-corrected chi connectivity index (χ1v) is 19.1. The maximum Gasteiger partial charge on any atom is 0.311 e. The molecule has 0 radical (unpaired) electrons. The van der Waals surface area contributed by atoms with Crippen LogP contribution in [0.1, 0.15) is 94.9 Å². The third-order valence-corrected chi connectivity index (χ3v) is 12.2. The number of ether oxygens (including phenoxy) is 6. The maximum atomic E-state index is 14.2. The predicted octanol–water partition coefficient (Wildman–Crippen LogP) is 1.90. The molecule has 0 aliphatic carbocycles. The average molecular weight is 749 g/mol. The van der Waals surface area contributed by atoms with Crippen molar-refractivity contribution in [2.45, 2.75) is 185 Å². The third kappa shape index (κ3) is 10.0. The van der Waals surface area contributed by atoms with Gasteiger partial charge in [0.1, 0.15) is 30.0 Å². The lowest BCUT2D eigenvalue weighted by Crippen LogP contribution is -2.60. The van der Waals surface area contributed by atoms with Gasteiger partial charge in [0.15, 0.2) is 12.6 Å². The predicted molar refractivity (Wildman–Crippen MR) is 194 cm³/mol. The molecule has 0 unspecified atom stereocenters. The van der Waals surface area contributed by atoms with Crippen LogP contribution in [0.2, 0.25) is 0 Å². The van der Waals surface area contributed by atoms with Crippen LogP contribution in [0.5, 0.6) is 0 Å². The van der Waals surface area contributed by atoms with E-state index >= 15 is 0 Å². The number of nitrogens with zero attached hydrogens (tertiary/aromatic N) is 2. The molecule has 18 atom stereocenters. The zero-order valence-electron chi connectivity index (χ0n) is 34.2. The number of aliphatic hydroxyl groups excluding tert-OH is 3. The number of hydrogen-bond donors (Lipinski definition) is 5. The van der Waals surface area contributed by atoms with Crippen molar-refractivity contribution in [2.24, 2.45) is 17.8 Å². The number of hydrogen-bond acceptors (Lipinski definition) is 14. The number of carbonyl (C=O) groups excluding carboxylic acids is 1. The molecule has 0 spiro atoms. The lowest BCUT2D eigenvalue weighted by atomic mass is 9.77. The molecule has 5 N–H and O–H groups in total. The number of rotatable bonds is 7. The van der Waals surface area contributed by atoms with Gasteiger partial charge in [-0.05, 0) is 94.8 Å². The zero-order valence-corrected chi connectivity index (χ0v) is 34.2. The second-order valence-corrected chi connectivity index (χ2v) is 17.2. The second-order valence-electron chi connectivity index (χ2n) is 17.2. The highest BCUT2D eigenvalue weighted by Crippen LogP contribution is 2.40. The van der Waals surface area contributed by atoms with Crippen LogP contribution in [-0.4, -0.2) is 166 Å². The van der Waals surface area contributed by atoms with Gasteiger partial charge in [0.05, 0.1) is 41.5 Å². The summed E-state index contributed by atoms with van der Waals surface area (Å²) in [5.41, 5.74) is -4.37. The summed E-state index contributed by atoms with van der Waals surface area (Å²) >= 11 is 0. The number of cyclic esters (lactones) is 1. The standard InChI is InChI=1S/C38H72N2O12/c1-15-27-38(10,46)31(42)24(6)40(13)19-20(2)17-36(8,45)33(52-35-29(41)26(39(11)12)16-21(3)48-35)22(4)30(23(5)34(44)50-27)51-28-18-37(9,47-14)32(43)25(7)49-28/h20-33,35,41-43,45-46H,15-19H2,1-14H3/t20-,21-,22+,23-,24-,25+,26-,27+,28-,29-,30-,31-,32+,33-,35+,36+,37-,38-/m1/s1. The van der Waals surface area contributed by atoms with Gasteiger partial charge in [-0.15, -0.1) is 0 Å². The van der Waals surface area contributed by atoms with E-state index in [1.165, 1.54) is 14.0 Å². The van der Waals surface area contributed by atoms with Crippen LogP contribution in [0, 0.1) is 17.8 Å². The van der Waals surface area contributed by atoms with Crippen molar-refractivity contribution in [2.75, 3.05) is 34.8 Å². The molecule has 3 fully saturated rings. The topological polar surface area (TPSA) is 180 Å². The number of aliphatic hydroxyl groups is 5. The van der Waals surface area contributed by atoms with E-state index in [9.17, 15) is 30.3 Å². The van der Waals surface area contributed by atoms with Crippen LogP contribution >= 0.6 is 0 Å². The maximum absolute atomic E-state index is 14.2. The normalized spacial score (nSPS) is 49.6. The van der Waals surface area contributed by atoms with Gasteiger partial charge < -0.3 is 63.8 Å². The van der Waals surface area contributed by atoms with Crippen molar-refractivity contribution in [3.8, 4) is 0 Å². The first-order chi connectivity index (χ1) is 23.9. The Hall–Kier alpha value is -1.01. The minimum Gasteiger partial charge on any atom is -0.459 e. The van der Waals surface area contributed by atoms with Crippen molar-refractivity contribution < 1.29 is 58.7 Å². The van der Waals surface area contributed by atoms with Crippen LogP contribution in [0.3, 0.4) is 0 Å². The van der Waals surface area contributed by atoms with Crippen LogP contribution in [0.15, 0.2) is 0 Å². The molecule has 0 aromatic carbocycles. The summed E-state index contributed by atoms with van der Waals surface area (Å²) in [6.45, 7) is 18.0. The van der Waals surface area contributed by atoms with Crippen molar-refractivity contribution in [1.82, 2.24) is 9.80 Å².